The maximum Gasteiger partial charge on any atom is 0.410 e. The summed E-state index contributed by atoms with van der Waals surface area (Å²) in [6.45, 7) is 13.0. The zero-order valence-corrected chi connectivity index (χ0v) is 16.5. The Hall–Kier alpha value is -1.60. The largest absolute Gasteiger partial charge is 0.444 e. The molecule has 0 bridgehead atoms. The molecule has 1 rings (SSSR count). The van der Waals surface area contributed by atoms with Gasteiger partial charge in [-0.05, 0) is 32.8 Å². The summed E-state index contributed by atoms with van der Waals surface area (Å²) in [5, 5.41) is 7.80. The first-order valence-corrected chi connectivity index (χ1v) is 8.90. The van der Waals surface area contributed by atoms with Gasteiger partial charge in [0.15, 0.2) is 0 Å². The average molecular weight is 354 g/mol. The van der Waals surface area contributed by atoms with Gasteiger partial charge in [0.1, 0.15) is 5.60 Å². The smallest absolute Gasteiger partial charge is 0.410 e. The van der Waals surface area contributed by atoms with Crippen LogP contribution >= 0.6 is 0 Å². The van der Waals surface area contributed by atoms with Crippen molar-refractivity contribution in [3.63, 3.8) is 0 Å². The molecular formula is C18H34N4O3. The second-order valence-corrected chi connectivity index (χ2v) is 7.49. The minimum Gasteiger partial charge on any atom is -0.444 e. The number of rotatable bonds is 10. The molecule has 1 amide bonds. The number of hydrogen-bond donors (Lipinski definition) is 1. The molecule has 7 nitrogen and oxygen atoms in total. The predicted octanol–water partition coefficient (Wildman–Crippen LogP) is 2.38. The van der Waals surface area contributed by atoms with E-state index in [0.29, 0.717) is 32.2 Å². The van der Waals surface area contributed by atoms with E-state index in [4.69, 9.17) is 9.47 Å². The number of carbonyl (C=O) groups excluding carboxylic acids is 1. The van der Waals surface area contributed by atoms with E-state index in [1.165, 1.54) is 0 Å². The fourth-order valence-corrected chi connectivity index (χ4v) is 2.33. The molecule has 0 aliphatic rings. The fraction of sp³-hybridized carbons (Fsp3) is 0.778. The Morgan fingerprint density at radius 2 is 2.04 bits per heavy atom. The lowest BCUT2D eigenvalue weighted by Gasteiger charge is -2.29. The molecule has 0 spiro atoms. The number of nitrogens with one attached hydrogen (secondary N) is 1. The molecule has 0 saturated heterocycles. The van der Waals surface area contributed by atoms with E-state index in [-0.39, 0.29) is 12.1 Å². The lowest BCUT2D eigenvalue weighted by Crippen LogP contribution is -2.45. The summed E-state index contributed by atoms with van der Waals surface area (Å²) in [5.41, 5.74) is -0.504. The predicted molar refractivity (Wildman–Crippen MR) is 98.5 cm³/mol. The molecule has 1 N–H and O–H groups in total. The highest BCUT2D eigenvalue weighted by Gasteiger charge is 2.22. The number of amides is 1. The van der Waals surface area contributed by atoms with Crippen LogP contribution in [-0.2, 0) is 16.0 Å². The van der Waals surface area contributed by atoms with Gasteiger partial charge in [0.25, 0.3) is 0 Å². The van der Waals surface area contributed by atoms with Gasteiger partial charge in [0.05, 0.1) is 13.2 Å². The topological polar surface area (TPSA) is 68.6 Å². The second-order valence-electron chi connectivity index (χ2n) is 7.49. The molecule has 0 fully saturated rings. The normalized spacial score (nSPS) is 13.1. The highest BCUT2D eigenvalue weighted by Crippen LogP contribution is 2.10. The van der Waals surface area contributed by atoms with Gasteiger partial charge in [-0.25, -0.2) is 4.79 Å². The van der Waals surface area contributed by atoms with Gasteiger partial charge in [-0.2, -0.15) is 5.10 Å². The zero-order chi connectivity index (χ0) is 18.9. The molecule has 0 aliphatic carbocycles. The molecule has 1 heterocycles. The Balaban J connectivity index is 2.53. The summed E-state index contributed by atoms with van der Waals surface area (Å²) in [5.74, 6) is 0.457. The zero-order valence-electron chi connectivity index (χ0n) is 16.5. The van der Waals surface area contributed by atoms with Crippen molar-refractivity contribution < 1.29 is 14.3 Å². The molecule has 144 valence electrons. The van der Waals surface area contributed by atoms with Gasteiger partial charge >= 0.3 is 6.09 Å². The highest BCUT2D eigenvalue weighted by atomic mass is 16.6. The van der Waals surface area contributed by atoms with Crippen LogP contribution in [0.2, 0.25) is 0 Å². The minimum atomic E-state index is -0.504. The number of hydrogen-bond acceptors (Lipinski definition) is 5. The van der Waals surface area contributed by atoms with Crippen LogP contribution in [0.25, 0.3) is 0 Å². The van der Waals surface area contributed by atoms with Crippen LogP contribution in [0.1, 0.15) is 34.6 Å². The Bertz CT molecular complexity index is 483. The van der Waals surface area contributed by atoms with Crippen LogP contribution in [0.3, 0.4) is 0 Å². The molecular weight excluding hydrogens is 320 g/mol. The van der Waals surface area contributed by atoms with Crippen molar-refractivity contribution in [3.8, 4) is 0 Å². The number of carbonyl (C=O) groups is 1. The van der Waals surface area contributed by atoms with Crippen molar-refractivity contribution in [2.45, 2.75) is 52.8 Å². The summed E-state index contributed by atoms with van der Waals surface area (Å²) < 4.78 is 12.5. The molecule has 1 aromatic rings. The lowest BCUT2D eigenvalue weighted by molar-refractivity contribution is 0.0201. The first kappa shape index (κ1) is 21.4. The van der Waals surface area contributed by atoms with Gasteiger partial charge in [-0.1, -0.05) is 13.8 Å². The van der Waals surface area contributed by atoms with Crippen LogP contribution < -0.4 is 5.32 Å². The highest BCUT2D eigenvalue weighted by molar-refractivity contribution is 5.68. The Labute approximate surface area is 151 Å². The third-order valence-corrected chi connectivity index (χ3v) is 3.75. The van der Waals surface area contributed by atoms with Gasteiger partial charge in [-0.15, -0.1) is 0 Å². The first-order chi connectivity index (χ1) is 11.7. The van der Waals surface area contributed by atoms with Crippen molar-refractivity contribution in [1.82, 2.24) is 20.0 Å². The number of methoxy groups -OCH3 is 1. The molecule has 0 saturated carbocycles. The Kier molecular flexibility index (Phi) is 8.92. The summed E-state index contributed by atoms with van der Waals surface area (Å²) in [4.78, 5) is 14.0. The fourth-order valence-electron chi connectivity index (χ4n) is 2.33. The van der Waals surface area contributed by atoms with Gasteiger partial charge < -0.3 is 19.7 Å². The maximum atomic E-state index is 12.3. The molecule has 0 radical (unpaired) electrons. The van der Waals surface area contributed by atoms with Crippen molar-refractivity contribution in [2.24, 2.45) is 5.92 Å². The van der Waals surface area contributed by atoms with Crippen LogP contribution in [0.4, 0.5) is 4.79 Å². The van der Waals surface area contributed by atoms with Gasteiger partial charge in [-0.3, -0.25) is 4.68 Å². The average Bonchev–Trinajstić information content (AvgIpc) is 3.00. The summed E-state index contributed by atoms with van der Waals surface area (Å²) in [7, 11) is 1.63. The number of aromatic nitrogens is 2. The molecule has 7 heteroatoms. The van der Waals surface area contributed by atoms with E-state index in [2.05, 4.69) is 24.3 Å². The standard InChI is InChI=1S/C18H34N4O3/c1-15(2)16(14-22-10-7-8-20-22)19-9-11-21(12-13-24-6)17(23)25-18(3,4)5/h7-8,10,15-16,19H,9,11-14H2,1-6H3. The number of nitrogens with zero attached hydrogens (tertiary/aromatic N) is 3. The van der Waals surface area contributed by atoms with Crippen LogP contribution in [0.5, 0.6) is 0 Å². The number of ether oxygens (including phenoxy) is 2. The molecule has 1 unspecified atom stereocenters. The van der Waals surface area contributed by atoms with E-state index in [1.54, 1.807) is 18.2 Å². The van der Waals surface area contributed by atoms with Crippen LogP contribution in [-0.4, -0.2) is 65.8 Å². The van der Waals surface area contributed by atoms with Crippen LogP contribution in [0, 0.1) is 5.92 Å². The molecule has 0 aromatic carbocycles. The van der Waals surface area contributed by atoms with Gasteiger partial charge in [0.2, 0.25) is 0 Å². The maximum absolute atomic E-state index is 12.3. The molecule has 0 aliphatic heterocycles. The van der Waals surface area contributed by atoms with E-state index in [0.717, 1.165) is 6.54 Å². The van der Waals surface area contributed by atoms with Crippen molar-refractivity contribution >= 4 is 6.09 Å². The lowest BCUT2D eigenvalue weighted by atomic mass is 10.0. The molecule has 25 heavy (non-hydrogen) atoms. The van der Waals surface area contributed by atoms with E-state index >= 15 is 0 Å². The van der Waals surface area contributed by atoms with E-state index < -0.39 is 5.60 Å². The molecule has 1 atom stereocenters. The monoisotopic (exact) mass is 354 g/mol. The van der Waals surface area contributed by atoms with Gasteiger partial charge in [0, 0.05) is 45.2 Å². The summed E-state index contributed by atoms with van der Waals surface area (Å²) in [6.07, 6.45) is 3.44. The third-order valence-electron chi connectivity index (χ3n) is 3.75. The Morgan fingerprint density at radius 1 is 1.32 bits per heavy atom. The van der Waals surface area contributed by atoms with E-state index in [9.17, 15) is 4.79 Å². The summed E-state index contributed by atoms with van der Waals surface area (Å²) in [6, 6.07) is 2.20. The van der Waals surface area contributed by atoms with E-state index in [1.807, 2.05) is 37.7 Å². The van der Waals surface area contributed by atoms with Crippen LogP contribution in [0.15, 0.2) is 18.5 Å². The summed E-state index contributed by atoms with van der Waals surface area (Å²) >= 11 is 0. The Morgan fingerprint density at radius 3 is 2.56 bits per heavy atom. The first-order valence-electron chi connectivity index (χ1n) is 8.90. The second kappa shape index (κ2) is 10.4. The van der Waals surface area contributed by atoms with Crippen molar-refractivity contribution in [1.29, 1.82) is 0 Å². The van der Waals surface area contributed by atoms with Crippen molar-refractivity contribution in [3.05, 3.63) is 18.5 Å². The third kappa shape index (κ3) is 8.88. The van der Waals surface area contributed by atoms with Crippen molar-refractivity contribution in [2.75, 3.05) is 33.4 Å². The SMILES string of the molecule is COCCN(CCNC(Cn1cccn1)C(C)C)C(=O)OC(C)(C)C. The molecule has 1 aromatic heterocycles. The minimum absolute atomic E-state index is 0.280. The quantitative estimate of drug-likeness (QED) is 0.699.